The van der Waals surface area contributed by atoms with Crippen LogP contribution in [0.5, 0.6) is 0 Å². The van der Waals surface area contributed by atoms with Crippen molar-refractivity contribution >= 4 is 50.2 Å². The highest BCUT2D eigenvalue weighted by atomic mass is 35.5. The number of thiazole rings is 1. The molecular weight excluding hydrogens is 496 g/mol. The third kappa shape index (κ3) is 4.48. The van der Waals surface area contributed by atoms with Gasteiger partial charge in [-0.3, -0.25) is 4.68 Å². The fourth-order valence-corrected chi connectivity index (χ4v) is 5.53. The van der Waals surface area contributed by atoms with E-state index in [1.807, 2.05) is 65.1 Å². The molecule has 1 N–H and O–H groups in total. The van der Waals surface area contributed by atoms with Gasteiger partial charge in [0, 0.05) is 23.2 Å². The van der Waals surface area contributed by atoms with Crippen LogP contribution in [0.15, 0.2) is 48.7 Å². The Kier molecular flexibility index (Phi) is 6.06. The van der Waals surface area contributed by atoms with Gasteiger partial charge < -0.3 is 9.84 Å². The first-order chi connectivity index (χ1) is 17.0. The zero-order valence-corrected chi connectivity index (χ0v) is 22.1. The highest BCUT2D eigenvalue weighted by Crippen LogP contribution is 2.44. The second kappa shape index (κ2) is 8.96. The minimum absolute atomic E-state index is 0.601. The number of rotatable bonds is 5. The second-order valence-corrected chi connectivity index (χ2v) is 11.1. The largest absolute Gasteiger partial charge is 0.479 e. The van der Waals surface area contributed by atoms with E-state index in [-0.39, 0.29) is 0 Å². The smallest absolute Gasteiger partial charge is 0.337 e. The maximum absolute atomic E-state index is 12.5. The lowest BCUT2D eigenvalue weighted by atomic mass is 9.91. The number of benzene rings is 2. The van der Waals surface area contributed by atoms with E-state index in [1.54, 1.807) is 23.0 Å². The van der Waals surface area contributed by atoms with Crippen LogP contribution in [0.25, 0.3) is 43.1 Å². The lowest BCUT2D eigenvalue weighted by Crippen LogP contribution is -2.28. The molecule has 0 bridgehead atoms. The highest BCUT2D eigenvalue weighted by molar-refractivity contribution is 7.22. The van der Waals surface area contributed by atoms with Crippen molar-refractivity contribution in [3.63, 3.8) is 0 Å². The summed E-state index contributed by atoms with van der Waals surface area (Å²) in [6, 6.07) is 13.2. The van der Waals surface area contributed by atoms with Crippen molar-refractivity contribution in [2.24, 2.45) is 7.05 Å². The minimum atomic E-state index is -1.16. The van der Waals surface area contributed by atoms with Gasteiger partial charge in [-0.1, -0.05) is 23.7 Å². The maximum Gasteiger partial charge on any atom is 0.337 e. The first-order valence-electron chi connectivity index (χ1n) is 11.4. The molecule has 3 aromatic heterocycles. The first-order valence-corrected chi connectivity index (χ1v) is 12.6. The number of halogens is 1. The van der Waals surface area contributed by atoms with Crippen LogP contribution in [0.3, 0.4) is 0 Å². The van der Waals surface area contributed by atoms with Crippen LogP contribution in [0, 0.1) is 6.92 Å². The Morgan fingerprint density at radius 1 is 1.11 bits per heavy atom. The Labute approximate surface area is 217 Å². The zero-order valence-electron chi connectivity index (χ0n) is 20.5. The van der Waals surface area contributed by atoms with Crippen LogP contribution < -0.4 is 0 Å². The minimum Gasteiger partial charge on any atom is -0.479 e. The molecule has 0 saturated carbocycles. The highest BCUT2D eigenvalue weighted by Gasteiger charge is 2.32. The van der Waals surface area contributed by atoms with Crippen molar-refractivity contribution in [1.29, 1.82) is 0 Å². The number of carboxylic acids is 1. The number of aliphatic carboxylic acids is 1. The van der Waals surface area contributed by atoms with Crippen molar-refractivity contribution in [2.45, 2.75) is 39.4 Å². The Hall–Kier alpha value is -3.33. The van der Waals surface area contributed by atoms with E-state index >= 15 is 0 Å². The predicted octanol–water partition coefficient (Wildman–Crippen LogP) is 6.81. The molecular formula is C27H25ClN4O3S. The molecule has 0 aliphatic rings. The van der Waals surface area contributed by atoms with Gasteiger partial charge >= 0.3 is 5.97 Å². The molecule has 1 atom stereocenters. The lowest BCUT2D eigenvalue weighted by molar-refractivity contribution is -0.160. The van der Waals surface area contributed by atoms with Crippen molar-refractivity contribution in [2.75, 3.05) is 0 Å². The first kappa shape index (κ1) is 24.4. The molecule has 5 aromatic rings. The number of carboxylic acid groups (broad SMARTS) is 1. The standard InChI is InChI=1S/C27H25ClN4O3S/c1-14-12-18-24(36-25(31-18)17-10-11-20-19(30-17)13-29-32(20)5)22(15-6-8-16(28)9-7-15)21(14)23(26(33)34)35-27(2,3)4/h6-13,23H,1-5H3,(H,33,34)/t23-/m0/s1. The van der Waals surface area contributed by atoms with Crippen molar-refractivity contribution in [1.82, 2.24) is 19.7 Å². The van der Waals surface area contributed by atoms with Crippen LogP contribution in [-0.4, -0.2) is 36.4 Å². The van der Waals surface area contributed by atoms with E-state index in [0.29, 0.717) is 10.6 Å². The van der Waals surface area contributed by atoms with E-state index in [1.165, 1.54) is 11.3 Å². The zero-order chi connectivity index (χ0) is 25.8. The Balaban J connectivity index is 1.78. The van der Waals surface area contributed by atoms with Gasteiger partial charge in [-0.05, 0) is 69.2 Å². The molecule has 0 spiro atoms. The average Bonchev–Trinajstić information content (AvgIpc) is 3.40. The summed E-state index contributed by atoms with van der Waals surface area (Å²) in [5.74, 6) is -1.05. The molecule has 0 aliphatic carbocycles. The number of carbonyl (C=O) groups is 1. The quantitative estimate of drug-likeness (QED) is 0.273. The van der Waals surface area contributed by atoms with E-state index in [0.717, 1.165) is 48.6 Å². The van der Waals surface area contributed by atoms with Gasteiger partial charge in [0.05, 0.1) is 33.2 Å². The summed E-state index contributed by atoms with van der Waals surface area (Å²) >= 11 is 7.66. The van der Waals surface area contributed by atoms with Gasteiger partial charge in [-0.2, -0.15) is 5.10 Å². The third-order valence-electron chi connectivity index (χ3n) is 5.84. The van der Waals surface area contributed by atoms with E-state index in [4.69, 9.17) is 26.3 Å². The van der Waals surface area contributed by atoms with Crippen LogP contribution >= 0.6 is 22.9 Å². The Morgan fingerprint density at radius 2 is 1.83 bits per heavy atom. The van der Waals surface area contributed by atoms with Gasteiger partial charge in [0.15, 0.2) is 6.10 Å². The average molecular weight is 521 g/mol. The molecule has 184 valence electrons. The molecule has 0 saturated heterocycles. The van der Waals surface area contributed by atoms with Gasteiger partial charge in [-0.25, -0.2) is 14.8 Å². The molecule has 0 unspecified atom stereocenters. The molecule has 9 heteroatoms. The SMILES string of the molecule is Cc1cc2nc(-c3ccc4c(cnn4C)n3)sc2c(-c2ccc(Cl)cc2)c1[C@H](OC(C)(C)C)C(=O)O. The number of aromatic nitrogens is 4. The molecule has 2 aromatic carbocycles. The van der Waals surface area contributed by atoms with Gasteiger partial charge in [0.2, 0.25) is 0 Å². The van der Waals surface area contributed by atoms with E-state index in [9.17, 15) is 9.90 Å². The number of hydrogen-bond donors (Lipinski definition) is 1. The molecule has 0 radical (unpaired) electrons. The summed E-state index contributed by atoms with van der Waals surface area (Å²) in [7, 11) is 1.88. The van der Waals surface area contributed by atoms with Crippen molar-refractivity contribution in [3.05, 3.63) is 64.8 Å². The number of aryl methyl sites for hydroxylation is 2. The third-order valence-corrected chi connectivity index (χ3v) is 7.21. The van der Waals surface area contributed by atoms with Crippen molar-refractivity contribution in [3.8, 4) is 21.8 Å². The summed E-state index contributed by atoms with van der Waals surface area (Å²) in [5.41, 5.74) is 5.59. The molecule has 0 amide bonds. The number of ether oxygens (including phenoxy) is 1. The van der Waals surface area contributed by atoms with Crippen LogP contribution in [0.1, 0.15) is 38.0 Å². The number of fused-ring (bicyclic) bond motifs is 2. The second-order valence-electron chi connectivity index (χ2n) is 9.67. The Morgan fingerprint density at radius 3 is 2.50 bits per heavy atom. The molecule has 5 rings (SSSR count). The summed E-state index contributed by atoms with van der Waals surface area (Å²) < 4.78 is 8.72. The number of hydrogen-bond acceptors (Lipinski definition) is 6. The van der Waals surface area contributed by atoms with Gasteiger partial charge in [-0.15, -0.1) is 11.3 Å². The molecule has 3 heterocycles. The normalized spacial score (nSPS) is 12.9. The predicted molar refractivity (Wildman–Crippen MR) is 144 cm³/mol. The topological polar surface area (TPSA) is 90.1 Å². The van der Waals surface area contributed by atoms with Crippen molar-refractivity contribution < 1.29 is 14.6 Å². The fraction of sp³-hybridized carbons (Fsp3) is 0.259. The van der Waals surface area contributed by atoms with Crippen LogP contribution in [-0.2, 0) is 16.6 Å². The Bertz CT molecular complexity index is 1620. The lowest BCUT2D eigenvalue weighted by Gasteiger charge is -2.28. The van der Waals surface area contributed by atoms with Crippen LogP contribution in [0.2, 0.25) is 5.02 Å². The molecule has 7 nitrogen and oxygen atoms in total. The molecule has 0 fully saturated rings. The van der Waals surface area contributed by atoms with Gasteiger partial charge in [0.25, 0.3) is 0 Å². The number of nitrogens with zero attached hydrogens (tertiary/aromatic N) is 4. The summed E-state index contributed by atoms with van der Waals surface area (Å²) in [4.78, 5) is 22.1. The van der Waals surface area contributed by atoms with Crippen LogP contribution in [0.4, 0.5) is 0 Å². The van der Waals surface area contributed by atoms with E-state index in [2.05, 4.69) is 5.10 Å². The molecule has 36 heavy (non-hydrogen) atoms. The number of pyridine rings is 1. The summed E-state index contributed by atoms with van der Waals surface area (Å²) in [6.45, 7) is 7.45. The van der Waals surface area contributed by atoms with Gasteiger partial charge in [0.1, 0.15) is 10.5 Å². The summed E-state index contributed by atoms with van der Waals surface area (Å²) in [6.07, 6.45) is 0.574. The molecule has 0 aliphatic heterocycles. The monoisotopic (exact) mass is 520 g/mol. The maximum atomic E-state index is 12.5. The fourth-order valence-electron chi connectivity index (χ4n) is 4.31. The van der Waals surface area contributed by atoms with E-state index < -0.39 is 17.7 Å². The summed E-state index contributed by atoms with van der Waals surface area (Å²) in [5, 5.41) is 15.8.